The Bertz CT molecular complexity index is 1130. The molecule has 0 radical (unpaired) electrons. The minimum atomic E-state index is -0.121. The Balaban J connectivity index is 1.67. The average Bonchev–Trinajstić information content (AvgIpc) is 3.12. The molecule has 29 heavy (non-hydrogen) atoms. The molecule has 1 aliphatic rings. The van der Waals surface area contributed by atoms with E-state index in [9.17, 15) is 9.59 Å². The highest BCUT2D eigenvalue weighted by atomic mass is 32.2. The largest absolute Gasteiger partial charge is 0.341 e. The fraction of sp³-hybridized carbons (Fsp3) is 0.429. The fourth-order valence-electron chi connectivity index (χ4n) is 4.20. The number of nitrogens with zero attached hydrogens (tertiary/aromatic N) is 5. The van der Waals surface area contributed by atoms with Gasteiger partial charge in [-0.15, -0.1) is 16.8 Å². The van der Waals surface area contributed by atoms with Crippen molar-refractivity contribution in [3.05, 3.63) is 47.3 Å². The summed E-state index contributed by atoms with van der Waals surface area (Å²) in [7, 11) is 0. The van der Waals surface area contributed by atoms with Crippen LogP contribution in [0.4, 0.5) is 0 Å². The van der Waals surface area contributed by atoms with Crippen LogP contribution in [0, 0.1) is 11.8 Å². The van der Waals surface area contributed by atoms with Crippen molar-refractivity contribution in [2.24, 2.45) is 11.8 Å². The summed E-state index contributed by atoms with van der Waals surface area (Å²) in [6.45, 7) is 10.1. The summed E-state index contributed by atoms with van der Waals surface area (Å²) in [5, 5.41) is 9.74. The van der Waals surface area contributed by atoms with E-state index in [1.807, 2.05) is 27.5 Å². The van der Waals surface area contributed by atoms with Gasteiger partial charge in [-0.1, -0.05) is 43.8 Å². The summed E-state index contributed by atoms with van der Waals surface area (Å²) in [6, 6.07) is 7.40. The summed E-state index contributed by atoms with van der Waals surface area (Å²) >= 11 is 1.37. The quantitative estimate of drug-likeness (QED) is 0.477. The van der Waals surface area contributed by atoms with Gasteiger partial charge >= 0.3 is 0 Å². The lowest BCUT2D eigenvalue weighted by atomic mass is 9.92. The van der Waals surface area contributed by atoms with Gasteiger partial charge in [0.05, 0.1) is 16.7 Å². The van der Waals surface area contributed by atoms with E-state index in [0.29, 0.717) is 40.5 Å². The minimum absolute atomic E-state index is 0.119. The Labute approximate surface area is 173 Å². The van der Waals surface area contributed by atoms with E-state index in [-0.39, 0.29) is 11.5 Å². The summed E-state index contributed by atoms with van der Waals surface area (Å²) in [5.74, 6) is 1.94. The third-order valence-electron chi connectivity index (χ3n) is 5.34. The van der Waals surface area contributed by atoms with Gasteiger partial charge in [-0.25, -0.2) is 0 Å². The number of hydrogen-bond donors (Lipinski definition) is 0. The molecule has 1 amide bonds. The predicted octanol–water partition coefficient (Wildman–Crippen LogP) is 2.83. The topological polar surface area (TPSA) is 72.5 Å². The van der Waals surface area contributed by atoms with Crippen LogP contribution in [0.15, 0.2) is 46.9 Å². The second-order valence-corrected chi connectivity index (χ2v) is 8.82. The van der Waals surface area contributed by atoms with Crippen molar-refractivity contribution in [2.45, 2.75) is 32.0 Å². The molecule has 2 aromatic heterocycles. The zero-order chi connectivity index (χ0) is 20.5. The molecule has 3 aromatic rings. The van der Waals surface area contributed by atoms with Gasteiger partial charge in [0.25, 0.3) is 5.56 Å². The first-order chi connectivity index (χ1) is 14.0. The van der Waals surface area contributed by atoms with Crippen molar-refractivity contribution in [1.82, 2.24) is 24.1 Å². The van der Waals surface area contributed by atoms with Gasteiger partial charge in [0, 0.05) is 19.6 Å². The Kier molecular flexibility index (Phi) is 5.45. The van der Waals surface area contributed by atoms with Crippen LogP contribution in [0.25, 0.3) is 16.7 Å². The third-order valence-corrected chi connectivity index (χ3v) is 6.25. The first-order valence-corrected chi connectivity index (χ1v) is 10.9. The Morgan fingerprint density at radius 1 is 1.24 bits per heavy atom. The summed E-state index contributed by atoms with van der Waals surface area (Å²) in [6.07, 6.45) is 2.83. The number of para-hydroxylation sites is 1. The molecule has 4 rings (SSSR count). The number of fused-ring (bicyclic) bond motifs is 3. The zero-order valence-electron chi connectivity index (χ0n) is 16.7. The number of hydrogen-bond acceptors (Lipinski definition) is 5. The van der Waals surface area contributed by atoms with Gasteiger partial charge in [0.2, 0.25) is 11.7 Å². The maximum Gasteiger partial charge on any atom is 0.263 e. The fourth-order valence-corrected chi connectivity index (χ4v) is 5.05. The van der Waals surface area contributed by atoms with Crippen LogP contribution < -0.4 is 5.56 Å². The maximum atomic E-state index is 12.8. The van der Waals surface area contributed by atoms with Crippen molar-refractivity contribution < 1.29 is 4.79 Å². The van der Waals surface area contributed by atoms with Crippen LogP contribution in [-0.2, 0) is 11.3 Å². The molecule has 152 valence electrons. The van der Waals surface area contributed by atoms with E-state index >= 15 is 0 Å². The molecule has 2 atom stereocenters. The number of rotatable bonds is 5. The zero-order valence-corrected chi connectivity index (χ0v) is 17.6. The molecule has 0 N–H and O–H groups in total. The second kappa shape index (κ2) is 8.02. The Morgan fingerprint density at radius 2 is 1.97 bits per heavy atom. The number of carbonyl (C=O) groups excluding carboxylic acids is 1. The monoisotopic (exact) mass is 411 g/mol. The van der Waals surface area contributed by atoms with Gasteiger partial charge in [0.15, 0.2) is 5.16 Å². The number of piperidine rings is 1. The van der Waals surface area contributed by atoms with E-state index in [0.717, 1.165) is 18.6 Å². The van der Waals surface area contributed by atoms with Crippen LogP contribution in [0.1, 0.15) is 20.3 Å². The molecule has 0 aliphatic carbocycles. The smallest absolute Gasteiger partial charge is 0.263 e. The van der Waals surface area contributed by atoms with Crippen LogP contribution in [-0.4, -0.2) is 48.8 Å². The molecule has 1 aliphatic heterocycles. The predicted molar refractivity (Wildman–Crippen MR) is 115 cm³/mol. The van der Waals surface area contributed by atoms with E-state index in [1.54, 1.807) is 16.7 Å². The molecular weight excluding hydrogens is 386 g/mol. The van der Waals surface area contributed by atoms with Crippen LogP contribution in [0.3, 0.4) is 0 Å². The number of benzene rings is 1. The molecular formula is C21H25N5O2S. The first-order valence-electron chi connectivity index (χ1n) is 9.87. The van der Waals surface area contributed by atoms with Gasteiger partial charge in [-0.05, 0) is 30.4 Å². The SMILES string of the molecule is C=CCn1c(=O)c2ccccc2n2c(SCC(=O)N3CC(C)CC(C)C3)nnc12. The van der Waals surface area contributed by atoms with Crippen LogP contribution in [0.5, 0.6) is 0 Å². The van der Waals surface area contributed by atoms with E-state index in [4.69, 9.17) is 0 Å². The van der Waals surface area contributed by atoms with E-state index in [1.165, 1.54) is 18.2 Å². The number of allylic oxidation sites excluding steroid dienone is 1. The number of aromatic nitrogens is 4. The number of thioether (sulfide) groups is 1. The van der Waals surface area contributed by atoms with E-state index in [2.05, 4.69) is 30.6 Å². The van der Waals surface area contributed by atoms with Crippen molar-refractivity contribution in [3.8, 4) is 0 Å². The lowest BCUT2D eigenvalue weighted by Gasteiger charge is -2.34. The number of carbonyl (C=O) groups is 1. The molecule has 1 fully saturated rings. The van der Waals surface area contributed by atoms with Crippen molar-refractivity contribution in [1.29, 1.82) is 0 Å². The molecule has 1 saturated heterocycles. The van der Waals surface area contributed by atoms with E-state index < -0.39 is 0 Å². The Morgan fingerprint density at radius 3 is 2.69 bits per heavy atom. The summed E-state index contributed by atoms with van der Waals surface area (Å²) < 4.78 is 3.42. The van der Waals surface area contributed by atoms with Gasteiger partial charge < -0.3 is 4.90 Å². The molecule has 8 heteroatoms. The lowest BCUT2D eigenvalue weighted by Crippen LogP contribution is -2.43. The molecule has 1 aromatic carbocycles. The molecule has 7 nitrogen and oxygen atoms in total. The summed E-state index contributed by atoms with van der Waals surface area (Å²) in [5.41, 5.74) is 0.622. The third kappa shape index (κ3) is 3.69. The molecule has 3 heterocycles. The highest BCUT2D eigenvalue weighted by Crippen LogP contribution is 2.24. The Hall–Kier alpha value is -2.61. The number of amides is 1. The minimum Gasteiger partial charge on any atom is -0.341 e. The molecule has 0 saturated carbocycles. The molecule has 0 spiro atoms. The van der Waals surface area contributed by atoms with Gasteiger partial charge in [-0.3, -0.25) is 18.6 Å². The van der Waals surface area contributed by atoms with Crippen LogP contribution in [0.2, 0.25) is 0 Å². The first kappa shape index (κ1) is 19.7. The number of likely N-dealkylation sites (tertiary alicyclic amines) is 1. The summed E-state index contributed by atoms with van der Waals surface area (Å²) in [4.78, 5) is 27.6. The van der Waals surface area contributed by atoms with Crippen molar-refractivity contribution in [3.63, 3.8) is 0 Å². The second-order valence-electron chi connectivity index (χ2n) is 7.87. The van der Waals surface area contributed by atoms with Crippen molar-refractivity contribution >= 4 is 34.3 Å². The van der Waals surface area contributed by atoms with Gasteiger partial charge in [0.1, 0.15) is 0 Å². The average molecular weight is 412 g/mol. The highest BCUT2D eigenvalue weighted by molar-refractivity contribution is 7.99. The normalized spacial score (nSPS) is 19.7. The van der Waals surface area contributed by atoms with Crippen molar-refractivity contribution in [2.75, 3.05) is 18.8 Å². The standard InChI is InChI=1S/C21H25N5O2S/c1-4-9-25-19(28)16-7-5-6-8-17(16)26-20(25)22-23-21(26)29-13-18(27)24-11-14(2)10-15(3)12-24/h4-8,14-15H,1,9-13H2,2-3H3. The maximum absolute atomic E-state index is 12.8. The molecule has 0 bridgehead atoms. The lowest BCUT2D eigenvalue weighted by molar-refractivity contribution is -0.130. The van der Waals surface area contributed by atoms with Gasteiger partial charge in [-0.2, -0.15) is 0 Å². The molecule has 2 unspecified atom stereocenters. The van der Waals surface area contributed by atoms with Crippen LogP contribution >= 0.6 is 11.8 Å². The highest BCUT2D eigenvalue weighted by Gasteiger charge is 2.26.